The van der Waals surface area contributed by atoms with Crippen molar-refractivity contribution in [2.24, 2.45) is 0 Å². The smallest absolute Gasteiger partial charge is 0.229 e. The highest BCUT2D eigenvalue weighted by Gasteiger charge is 2.37. The number of hydrogen-bond donors (Lipinski definition) is 0. The maximum absolute atomic E-state index is 13.6. The molecule has 0 saturated carbocycles. The molecule has 1 aliphatic heterocycles. The summed E-state index contributed by atoms with van der Waals surface area (Å²) in [5.74, 6) is -0.852. The van der Waals surface area contributed by atoms with Crippen LogP contribution in [0, 0.1) is 5.82 Å². The molecule has 1 saturated heterocycles. The van der Waals surface area contributed by atoms with Gasteiger partial charge >= 0.3 is 0 Å². The summed E-state index contributed by atoms with van der Waals surface area (Å²) in [6.45, 7) is 0.291. The fourth-order valence-corrected chi connectivity index (χ4v) is 3.10. The minimum atomic E-state index is -0.904. The minimum absolute atomic E-state index is 0.00780. The zero-order valence-corrected chi connectivity index (χ0v) is 14.2. The second-order valence-electron chi connectivity index (χ2n) is 5.93. The zero-order valence-electron chi connectivity index (χ0n) is 13.4. The van der Waals surface area contributed by atoms with E-state index in [1.165, 1.54) is 17.0 Å². The summed E-state index contributed by atoms with van der Waals surface area (Å²) in [4.78, 5) is 25.4. The van der Waals surface area contributed by atoms with Crippen LogP contribution in [0.25, 0.3) is 0 Å². The first-order valence-corrected chi connectivity index (χ1v) is 8.32. The Morgan fingerprint density at radius 3 is 2.68 bits per heavy atom. The van der Waals surface area contributed by atoms with Crippen molar-refractivity contribution in [1.29, 1.82) is 0 Å². The van der Waals surface area contributed by atoms with Gasteiger partial charge in [0, 0.05) is 0 Å². The molecule has 2 aromatic carbocycles. The van der Waals surface area contributed by atoms with Gasteiger partial charge < -0.3 is 9.64 Å². The Kier molecular flexibility index (Phi) is 5.46. The largest absolute Gasteiger partial charge is 0.349 e. The molecule has 0 bridgehead atoms. The van der Waals surface area contributed by atoms with Crippen LogP contribution in [-0.2, 0) is 27.2 Å². The third-order valence-electron chi connectivity index (χ3n) is 4.18. The third kappa shape index (κ3) is 4.06. The lowest BCUT2D eigenvalue weighted by atomic mass is 10.0. The molecule has 2 atom stereocenters. The molecule has 1 heterocycles. The molecule has 1 aliphatic rings. The van der Waals surface area contributed by atoms with E-state index in [1.807, 2.05) is 30.3 Å². The maximum atomic E-state index is 13.6. The first-order valence-electron chi connectivity index (χ1n) is 7.94. The van der Waals surface area contributed by atoms with Crippen LogP contribution < -0.4 is 0 Å². The minimum Gasteiger partial charge on any atom is -0.349 e. The van der Waals surface area contributed by atoms with Crippen molar-refractivity contribution in [3.63, 3.8) is 0 Å². The number of nitrogens with zero attached hydrogens (tertiary/aromatic N) is 1. The lowest BCUT2D eigenvalue weighted by Crippen LogP contribution is -2.44. The van der Waals surface area contributed by atoms with Crippen molar-refractivity contribution in [2.75, 3.05) is 6.61 Å². The molecule has 0 aromatic heterocycles. The summed E-state index contributed by atoms with van der Waals surface area (Å²) in [6.07, 6.45) is 0.281. The number of benzene rings is 2. The molecular weight excluding hydrogens is 345 g/mol. The van der Waals surface area contributed by atoms with E-state index in [-0.39, 0.29) is 23.4 Å². The van der Waals surface area contributed by atoms with E-state index in [1.54, 1.807) is 6.07 Å². The van der Waals surface area contributed by atoms with Crippen LogP contribution >= 0.6 is 11.6 Å². The fraction of sp³-hybridized carbons (Fsp3) is 0.263. The van der Waals surface area contributed by atoms with Gasteiger partial charge in [0.1, 0.15) is 5.82 Å². The molecule has 2 aromatic rings. The Morgan fingerprint density at radius 2 is 2.00 bits per heavy atom. The van der Waals surface area contributed by atoms with Crippen molar-refractivity contribution in [2.45, 2.75) is 25.1 Å². The number of halogens is 2. The van der Waals surface area contributed by atoms with Crippen molar-refractivity contribution < 1.29 is 18.7 Å². The van der Waals surface area contributed by atoms with Gasteiger partial charge in [-0.05, 0) is 29.7 Å². The highest BCUT2D eigenvalue weighted by atomic mass is 35.5. The molecule has 2 unspecified atom stereocenters. The Hall–Kier alpha value is -2.24. The predicted molar refractivity (Wildman–Crippen MR) is 91.7 cm³/mol. The van der Waals surface area contributed by atoms with Gasteiger partial charge in [0.2, 0.25) is 5.91 Å². The molecule has 0 spiro atoms. The number of hydrogen-bond acceptors (Lipinski definition) is 3. The summed E-state index contributed by atoms with van der Waals surface area (Å²) in [5.41, 5.74) is 1.56. The second-order valence-corrected chi connectivity index (χ2v) is 6.34. The average Bonchev–Trinajstić information content (AvgIpc) is 3.02. The summed E-state index contributed by atoms with van der Waals surface area (Å²) in [6, 6.07) is 13.7. The van der Waals surface area contributed by atoms with Crippen molar-refractivity contribution >= 4 is 23.8 Å². The number of ether oxygens (including phenoxy) is 1. The molecule has 6 heteroatoms. The van der Waals surface area contributed by atoms with Gasteiger partial charge in [0.05, 0.1) is 24.1 Å². The predicted octanol–water partition coefficient (Wildman–Crippen LogP) is 3.02. The third-order valence-corrected chi connectivity index (χ3v) is 4.49. The molecule has 25 heavy (non-hydrogen) atoms. The van der Waals surface area contributed by atoms with Gasteiger partial charge in [-0.25, -0.2) is 4.39 Å². The quantitative estimate of drug-likeness (QED) is 0.769. The van der Waals surface area contributed by atoms with Gasteiger partial charge in [-0.3, -0.25) is 9.59 Å². The Labute approximate surface area is 150 Å². The van der Waals surface area contributed by atoms with Gasteiger partial charge in [-0.2, -0.15) is 0 Å². The highest BCUT2D eigenvalue weighted by molar-refractivity contribution is 6.30. The number of aldehydes is 1. The lowest BCUT2D eigenvalue weighted by molar-refractivity contribution is -0.141. The van der Waals surface area contributed by atoms with E-state index in [0.29, 0.717) is 24.9 Å². The van der Waals surface area contributed by atoms with Gasteiger partial charge in [0.15, 0.2) is 12.5 Å². The number of amides is 1. The van der Waals surface area contributed by atoms with E-state index in [4.69, 9.17) is 16.3 Å². The van der Waals surface area contributed by atoms with Crippen LogP contribution in [0.4, 0.5) is 4.39 Å². The summed E-state index contributed by atoms with van der Waals surface area (Å²) >= 11 is 5.67. The maximum Gasteiger partial charge on any atom is 0.229 e. The van der Waals surface area contributed by atoms with Crippen LogP contribution in [0.1, 0.15) is 11.1 Å². The van der Waals surface area contributed by atoms with E-state index in [2.05, 4.69) is 0 Å². The van der Waals surface area contributed by atoms with E-state index in [9.17, 15) is 14.0 Å². The fourth-order valence-electron chi connectivity index (χ4n) is 2.99. The van der Waals surface area contributed by atoms with Gasteiger partial charge in [-0.15, -0.1) is 0 Å². The normalized spacial score (nSPS) is 19.8. The zero-order chi connectivity index (χ0) is 17.8. The van der Waals surface area contributed by atoms with E-state index in [0.717, 1.165) is 5.56 Å². The van der Waals surface area contributed by atoms with E-state index >= 15 is 0 Å². The summed E-state index contributed by atoms with van der Waals surface area (Å²) in [5, 5.41) is 0.00780. The summed E-state index contributed by atoms with van der Waals surface area (Å²) < 4.78 is 19.0. The van der Waals surface area contributed by atoms with Crippen LogP contribution in [0.15, 0.2) is 48.5 Å². The Bertz CT molecular complexity index is 769. The molecule has 4 nitrogen and oxygen atoms in total. The monoisotopic (exact) mass is 361 g/mol. The first kappa shape index (κ1) is 17.6. The SMILES string of the molecule is O=CC1OCC(Cc2ccccc2)N1C(=O)Cc1ccc(Cl)c(F)c1. The molecule has 130 valence electrons. The van der Waals surface area contributed by atoms with Crippen LogP contribution in [0.3, 0.4) is 0 Å². The average molecular weight is 362 g/mol. The van der Waals surface area contributed by atoms with E-state index < -0.39 is 12.0 Å². The molecule has 0 N–H and O–H groups in total. The van der Waals surface area contributed by atoms with Crippen molar-refractivity contribution in [1.82, 2.24) is 4.90 Å². The lowest BCUT2D eigenvalue weighted by Gasteiger charge is -2.26. The highest BCUT2D eigenvalue weighted by Crippen LogP contribution is 2.22. The molecule has 0 radical (unpaired) electrons. The molecule has 1 amide bonds. The molecular formula is C19H17ClFNO3. The van der Waals surface area contributed by atoms with Gasteiger partial charge in [-0.1, -0.05) is 48.0 Å². The molecule has 1 fully saturated rings. The van der Waals surface area contributed by atoms with Crippen LogP contribution in [-0.4, -0.2) is 36.0 Å². The molecule has 0 aliphatic carbocycles. The first-order chi connectivity index (χ1) is 12.1. The second kappa shape index (κ2) is 7.76. The van der Waals surface area contributed by atoms with Crippen molar-refractivity contribution in [3.8, 4) is 0 Å². The Morgan fingerprint density at radius 1 is 1.24 bits per heavy atom. The number of carbonyl (C=O) groups excluding carboxylic acids is 2. The van der Waals surface area contributed by atoms with Gasteiger partial charge in [0.25, 0.3) is 0 Å². The topological polar surface area (TPSA) is 46.6 Å². The molecule has 3 rings (SSSR count). The Balaban J connectivity index is 1.76. The number of rotatable bonds is 5. The van der Waals surface area contributed by atoms with Crippen molar-refractivity contribution in [3.05, 3.63) is 70.5 Å². The van der Waals surface area contributed by atoms with Crippen LogP contribution in [0.5, 0.6) is 0 Å². The van der Waals surface area contributed by atoms with Crippen LogP contribution in [0.2, 0.25) is 5.02 Å². The standard InChI is InChI=1S/C19H17ClFNO3/c20-16-7-6-14(9-17(16)21)10-18(24)22-15(12-25-19(22)11-23)8-13-4-2-1-3-5-13/h1-7,9,11,15,19H,8,10,12H2. The summed E-state index contributed by atoms with van der Waals surface area (Å²) in [7, 11) is 0. The number of carbonyl (C=O) groups is 2.